The molecule has 0 saturated carbocycles. The van der Waals surface area contributed by atoms with Crippen molar-refractivity contribution in [2.45, 2.75) is 19.1 Å². The van der Waals surface area contributed by atoms with Crippen LogP contribution in [0.4, 0.5) is 5.82 Å². The minimum Gasteiger partial charge on any atom is -0.496 e. The number of likely N-dealkylation sites (N-methyl/N-ethyl adjacent to an activating group) is 1. The van der Waals surface area contributed by atoms with Crippen molar-refractivity contribution in [3.05, 3.63) is 95.1 Å². The summed E-state index contributed by atoms with van der Waals surface area (Å²) < 4.78 is 7.65. The number of anilines is 1. The number of rotatable bonds is 9. The lowest BCUT2D eigenvalue weighted by Gasteiger charge is -2.24. The van der Waals surface area contributed by atoms with Crippen LogP contribution in [0.1, 0.15) is 27.5 Å². The molecule has 4 aromatic rings. The summed E-state index contributed by atoms with van der Waals surface area (Å²) in [6, 6.07) is 24.1. The molecule has 1 atom stereocenters. The Labute approximate surface area is 251 Å². The van der Waals surface area contributed by atoms with Gasteiger partial charge in [-0.15, -0.1) is 11.8 Å². The third kappa shape index (κ3) is 6.07. The van der Waals surface area contributed by atoms with Crippen molar-refractivity contribution in [1.82, 2.24) is 20.0 Å². The molecule has 1 aromatic heterocycles. The number of para-hydroxylation sites is 1. The van der Waals surface area contributed by atoms with Gasteiger partial charge in [-0.25, -0.2) is 4.68 Å². The van der Waals surface area contributed by atoms with Crippen LogP contribution in [0, 0.1) is 13.8 Å². The van der Waals surface area contributed by atoms with E-state index >= 15 is 0 Å². The molecule has 3 aromatic carbocycles. The molecule has 9 heteroatoms. The molecule has 0 fully saturated rings. The number of nitrogens with one attached hydrogen (secondary N) is 1. The highest BCUT2D eigenvalue weighted by atomic mass is 32.2. The second-order valence-corrected chi connectivity index (χ2v) is 11.8. The molecule has 2 heterocycles. The first kappa shape index (κ1) is 29.4. The lowest BCUT2D eigenvalue weighted by molar-refractivity contribution is -0.122. The molecule has 0 spiro atoms. The molecule has 2 amide bonds. The highest BCUT2D eigenvalue weighted by Gasteiger charge is 2.38. The topological polar surface area (TPSA) is 79.7 Å². The second kappa shape index (κ2) is 12.8. The Hall–Kier alpha value is -4.08. The Bertz CT molecular complexity index is 1580. The standard InChI is InChI=1S/C33H37N5O3S/c1-22-15-16-26(23(2)19-22)38-33-30(31(35-38)24-11-7-6-8-12-24)32(25-13-9-10-14-27(25)41-5)42-21-29(40)37(33)20-28(39)34-17-18-36(3)4/h6-16,19,32H,17-18,20-21H2,1-5H3,(H,34,39). The molecule has 1 unspecified atom stereocenters. The minimum absolute atomic E-state index is 0.108. The smallest absolute Gasteiger partial charge is 0.240 e. The monoisotopic (exact) mass is 583 g/mol. The maximum absolute atomic E-state index is 13.9. The molecule has 0 bridgehead atoms. The number of hydrogen-bond donors (Lipinski definition) is 1. The number of thioether (sulfide) groups is 1. The number of fused-ring (bicyclic) bond motifs is 1. The van der Waals surface area contributed by atoms with E-state index in [-0.39, 0.29) is 29.4 Å². The van der Waals surface area contributed by atoms with Crippen LogP contribution in [0.25, 0.3) is 16.9 Å². The van der Waals surface area contributed by atoms with Gasteiger partial charge in [0, 0.05) is 29.8 Å². The fourth-order valence-electron chi connectivity index (χ4n) is 5.29. The number of amides is 2. The number of aromatic nitrogens is 2. The van der Waals surface area contributed by atoms with Crippen LogP contribution >= 0.6 is 11.8 Å². The van der Waals surface area contributed by atoms with E-state index in [1.165, 1.54) is 11.8 Å². The fourth-order valence-corrected chi connectivity index (χ4v) is 6.51. The molecular formula is C33H37N5O3S. The van der Waals surface area contributed by atoms with E-state index < -0.39 is 0 Å². The van der Waals surface area contributed by atoms with Crippen molar-refractivity contribution >= 4 is 29.4 Å². The van der Waals surface area contributed by atoms with Crippen LogP contribution in [0.5, 0.6) is 5.75 Å². The van der Waals surface area contributed by atoms with Crippen LogP contribution in [-0.2, 0) is 9.59 Å². The maximum atomic E-state index is 13.9. The summed E-state index contributed by atoms with van der Waals surface area (Å²) >= 11 is 1.53. The second-order valence-electron chi connectivity index (χ2n) is 10.7. The number of nitrogens with zero attached hydrogens (tertiary/aromatic N) is 4. The molecule has 1 aliphatic heterocycles. The number of carbonyl (C=O) groups excluding carboxylic acids is 2. The zero-order valence-corrected chi connectivity index (χ0v) is 25.6. The summed E-state index contributed by atoms with van der Waals surface area (Å²) in [5.41, 5.74) is 6.54. The average molecular weight is 584 g/mol. The molecule has 1 aliphatic rings. The van der Waals surface area contributed by atoms with Crippen LogP contribution in [0.3, 0.4) is 0 Å². The third-order valence-electron chi connectivity index (χ3n) is 7.32. The lowest BCUT2D eigenvalue weighted by atomic mass is 9.99. The van der Waals surface area contributed by atoms with Gasteiger partial charge in [0.25, 0.3) is 0 Å². The first-order chi connectivity index (χ1) is 20.3. The highest BCUT2D eigenvalue weighted by molar-refractivity contribution is 8.00. The Balaban J connectivity index is 1.76. The van der Waals surface area contributed by atoms with Crippen molar-refractivity contribution in [2.24, 2.45) is 0 Å². The minimum atomic E-state index is -0.267. The van der Waals surface area contributed by atoms with E-state index in [9.17, 15) is 9.59 Å². The molecule has 42 heavy (non-hydrogen) atoms. The van der Waals surface area contributed by atoms with E-state index in [0.29, 0.717) is 18.9 Å². The Morgan fingerprint density at radius 3 is 2.52 bits per heavy atom. The van der Waals surface area contributed by atoms with Gasteiger partial charge in [-0.05, 0) is 45.6 Å². The normalized spacial score (nSPS) is 15.0. The highest BCUT2D eigenvalue weighted by Crippen LogP contribution is 2.50. The SMILES string of the molecule is COc1ccccc1C1SCC(=O)N(CC(=O)NCCN(C)C)c2c1c(-c1ccccc1)nn2-c1ccc(C)cc1C. The quantitative estimate of drug-likeness (QED) is 0.298. The number of methoxy groups -OCH3 is 1. The van der Waals surface area contributed by atoms with Crippen molar-refractivity contribution in [1.29, 1.82) is 0 Å². The number of carbonyl (C=O) groups is 2. The van der Waals surface area contributed by atoms with Gasteiger partial charge in [0.05, 0.1) is 29.5 Å². The van der Waals surface area contributed by atoms with E-state index in [1.54, 1.807) is 12.0 Å². The zero-order chi connectivity index (χ0) is 29.8. The number of ether oxygens (including phenoxy) is 1. The average Bonchev–Trinajstić information content (AvgIpc) is 3.29. The van der Waals surface area contributed by atoms with Crippen molar-refractivity contribution in [3.8, 4) is 22.7 Å². The summed E-state index contributed by atoms with van der Waals surface area (Å²) in [6.07, 6.45) is 0. The van der Waals surface area contributed by atoms with Crippen LogP contribution in [0.15, 0.2) is 72.8 Å². The molecule has 0 saturated heterocycles. The maximum Gasteiger partial charge on any atom is 0.240 e. The fraction of sp³-hybridized carbons (Fsp3) is 0.303. The first-order valence-corrected chi connectivity index (χ1v) is 15.1. The zero-order valence-electron chi connectivity index (χ0n) is 24.8. The van der Waals surface area contributed by atoms with Gasteiger partial charge in [0.1, 0.15) is 18.1 Å². The Morgan fingerprint density at radius 1 is 1.07 bits per heavy atom. The van der Waals surface area contributed by atoms with E-state index in [0.717, 1.165) is 44.9 Å². The molecule has 8 nitrogen and oxygen atoms in total. The molecule has 0 aliphatic carbocycles. The van der Waals surface area contributed by atoms with E-state index in [2.05, 4.69) is 18.3 Å². The largest absolute Gasteiger partial charge is 0.496 e. The van der Waals surface area contributed by atoms with Crippen LogP contribution < -0.4 is 15.0 Å². The van der Waals surface area contributed by atoms with Gasteiger partial charge in [-0.2, -0.15) is 5.10 Å². The lowest BCUT2D eigenvalue weighted by Crippen LogP contribution is -2.43. The first-order valence-electron chi connectivity index (χ1n) is 14.0. The summed E-state index contributed by atoms with van der Waals surface area (Å²) in [6.45, 7) is 5.18. The van der Waals surface area contributed by atoms with Crippen molar-refractivity contribution in [3.63, 3.8) is 0 Å². The summed E-state index contributed by atoms with van der Waals surface area (Å²) in [4.78, 5) is 30.8. The number of hydrogen-bond acceptors (Lipinski definition) is 6. The van der Waals surface area contributed by atoms with Crippen molar-refractivity contribution in [2.75, 3.05) is 51.5 Å². The predicted molar refractivity (Wildman–Crippen MR) is 170 cm³/mol. The Kier molecular flexibility index (Phi) is 8.99. The molecule has 5 rings (SSSR count). The number of benzene rings is 3. The number of aryl methyl sites for hydroxylation is 2. The molecular weight excluding hydrogens is 546 g/mol. The van der Waals surface area contributed by atoms with Crippen molar-refractivity contribution < 1.29 is 14.3 Å². The summed E-state index contributed by atoms with van der Waals surface area (Å²) in [5, 5.41) is 7.92. The van der Waals surface area contributed by atoms with Crippen LogP contribution in [0.2, 0.25) is 0 Å². The van der Waals surface area contributed by atoms with Gasteiger partial charge < -0.3 is 15.0 Å². The van der Waals surface area contributed by atoms with Gasteiger partial charge in [0.2, 0.25) is 11.8 Å². The van der Waals surface area contributed by atoms with E-state index in [4.69, 9.17) is 9.84 Å². The summed E-state index contributed by atoms with van der Waals surface area (Å²) in [7, 11) is 5.58. The molecule has 0 radical (unpaired) electrons. The third-order valence-corrected chi connectivity index (χ3v) is 8.56. The van der Waals surface area contributed by atoms with Crippen LogP contribution in [-0.4, -0.2) is 73.1 Å². The summed E-state index contributed by atoms with van der Waals surface area (Å²) in [5.74, 6) is 1.18. The van der Waals surface area contributed by atoms with Gasteiger partial charge in [0.15, 0.2) is 0 Å². The molecule has 218 valence electrons. The van der Waals surface area contributed by atoms with Gasteiger partial charge in [-0.1, -0.05) is 66.2 Å². The predicted octanol–water partition coefficient (Wildman–Crippen LogP) is 5.01. The van der Waals surface area contributed by atoms with Gasteiger partial charge in [-0.3, -0.25) is 14.5 Å². The Morgan fingerprint density at radius 2 is 1.81 bits per heavy atom. The van der Waals surface area contributed by atoms with E-state index in [1.807, 2.05) is 97.3 Å². The molecule has 1 N–H and O–H groups in total. The van der Waals surface area contributed by atoms with Gasteiger partial charge >= 0.3 is 0 Å².